The van der Waals surface area contributed by atoms with E-state index in [-0.39, 0.29) is 6.10 Å². The Bertz CT molecular complexity index is 415. The van der Waals surface area contributed by atoms with Crippen molar-refractivity contribution in [2.45, 2.75) is 39.7 Å². The molecule has 92 valence electrons. The first-order valence-corrected chi connectivity index (χ1v) is 6.53. The van der Waals surface area contributed by atoms with Crippen molar-refractivity contribution >= 4 is 11.6 Å². The number of ether oxygens (including phenoxy) is 1. The monoisotopic (exact) mass is 250 g/mol. The molecule has 1 rings (SSSR count). The maximum absolute atomic E-state index is 5.87. The first-order valence-electron chi connectivity index (χ1n) is 5.99. The van der Waals surface area contributed by atoms with Crippen LogP contribution in [0.1, 0.15) is 37.8 Å². The quantitative estimate of drug-likeness (QED) is 0.576. The highest BCUT2D eigenvalue weighted by atomic mass is 35.5. The van der Waals surface area contributed by atoms with Crippen LogP contribution >= 0.6 is 11.6 Å². The topological polar surface area (TPSA) is 9.23 Å². The van der Waals surface area contributed by atoms with Gasteiger partial charge < -0.3 is 4.74 Å². The number of alkyl halides is 1. The Balaban J connectivity index is 2.75. The number of rotatable bonds is 4. The van der Waals surface area contributed by atoms with Crippen LogP contribution in [-0.4, -0.2) is 12.0 Å². The number of benzene rings is 1. The molecule has 0 aliphatic rings. The van der Waals surface area contributed by atoms with Crippen LogP contribution in [-0.2, 0) is 0 Å². The zero-order valence-electron chi connectivity index (χ0n) is 10.7. The molecule has 1 aromatic carbocycles. The molecule has 0 radical (unpaired) electrons. The molecule has 0 fully saturated rings. The molecule has 0 saturated carbocycles. The van der Waals surface area contributed by atoms with Crippen LogP contribution in [0, 0.1) is 18.8 Å². The molecular weight excluding hydrogens is 232 g/mol. The van der Waals surface area contributed by atoms with Gasteiger partial charge in [0.15, 0.2) is 0 Å². The van der Waals surface area contributed by atoms with E-state index in [1.807, 2.05) is 25.1 Å². The molecule has 0 amide bonds. The Kier molecular flexibility index (Phi) is 5.94. The summed E-state index contributed by atoms with van der Waals surface area (Å²) in [6.07, 6.45) is 2.48. The molecule has 1 nitrogen and oxygen atoms in total. The van der Waals surface area contributed by atoms with E-state index in [9.17, 15) is 0 Å². The van der Waals surface area contributed by atoms with Crippen molar-refractivity contribution in [2.75, 3.05) is 5.88 Å². The summed E-state index contributed by atoms with van der Waals surface area (Å²) in [6.45, 7) is 6.31. The van der Waals surface area contributed by atoms with Crippen LogP contribution in [0.2, 0.25) is 0 Å². The van der Waals surface area contributed by atoms with E-state index in [4.69, 9.17) is 16.3 Å². The maximum Gasteiger partial charge on any atom is 0.122 e. The highest BCUT2D eigenvalue weighted by molar-refractivity contribution is 6.19. The molecule has 0 N–H and O–H groups in total. The molecule has 1 aromatic rings. The minimum Gasteiger partial charge on any atom is -0.490 e. The first kappa shape index (κ1) is 13.9. The average molecular weight is 251 g/mol. The van der Waals surface area contributed by atoms with Gasteiger partial charge in [-0.15, -0.1) is 11.6 Å². The number of hydrogen-bond acceptors (Lipinski definition) is 1. The van der Waals surface area contributed by atoms with Crippen molar-refractivity contribution in [2.24, 2.45) is 0 Å². The summed E-state index contributed by atoms with van der Waals surface area (Å²) in [5.41, 5.74) is 2.10. The van der Waals surface area contributed by atoms with Gasteiger partial charge in [0.25, 0.3) is 0 Å². The highest BCUT2D eigenvalue weighted by Gasteiger charge is 2.05. The Morgan fingerprint density at radius 3 is 2.76 bits per heavy atom. The second-order valence-corrected chi connectivity index (χ2v) is 4.40. The number of hydrogen-bond donors (Lipinski definition) is 0. The lowest BCUT2D eigenvalue weighted by Gasteiger charge is -2.15. The zero-order chi connectivity index (χ0) is 12.7. The summed E-state index contributed by atoms with van der Waals surface area (Å²) in [4.78, 5) is 0. The molecule has 0 saturated heterocycles. The Labute approximate surface area is 109 Å². The van der Waals surface area contributed by atoms with Gasteiger partial charge >= 0.3 is 0 Å². The summed E-state index contributed by atoms with van der Waals surface area (Å²) in [5, 5.41) is 0. The maximum atomic E-state index is 5.87. The van der Waals surface area contributed by atoms with Gasteiger partial charge in [0, 0.05) is 5.56 Å². The van der Waals surface area contributed by atoms with Crippen molar-refractivity contribution in [3.63, 3.8) is 0 Å². The molecule has 0 aromatic heterocycles. The van der Waals surface area contributed by atoms with Crippen LogP contribution in [0.25, 0.3) is 0 Å². The molecular formula is C15H19ClO. The van der Waals surface area contributed by atoms with Gasteiger partial charge in [-0.1, -0.05) is 25.2 Å². The molecule has 0 spiro atoms. The summed E-state index contributed by atoms with van der Waals surface area (Å²) in [7, 11) is 0. The van der Waals surface area contributed by atoms with Crippen molar-refractivity contribution in [1.29, 1.82) is 0 Å². The van der Waals surface area contributed by atoms with Gasteiger partial charge in [-0.05, 0) is 44.0 Å². The molecule has 1 unspecified atom stereocenters. The molecule has 0 aliphatic heterocycles. The SMILES string of the molecule is CCCC(C)Oc1ccc(C#CCCl)cc1C. The van der Waals surface area contributed by atoms with Crippen LogP contribution in [0.15, 0.2) is 18.2 Å². The predicted octanol–water partition coefficient (Wildman–Crippen LogP) is 4.15. The zero-order valence-corrected chi connectivity index (χ0v) is 11.5. The lowest BCUT2D eigenvalue weighted by molar-refractivity contribution is 0.208. The number of halogens is 1. The molecule has 2 heteroatoms. The van der Waals surface area contributed by atoms with Crippen molar-refractivity contribution in [1.82, 2.24) is 0 Å². The summed E-state index contributed by atoms with van der Waals surface area (Å²) in [5.74, 6) is 7.16. The van der Waals surface area contributed by atoms with E-state index in [0.717, 1.165) is 29.7 Å². The van der Waals surface area contributed by atoms with Crippen LogP contribution in [0.4, 0.5) is 0 Å². The van der Waals surface area contributed by atoms with Gasteiger partial charge in [0.1, 0.15) is 5.75 Å². The minimum atomic E-state index is 0.262. The van der Waals surface area contributed by atoms with Gasteiger partial charge in [0.2, 0.25) is 0 Å². The van der Waals surface area contributed by atoms with E-state index in [0.29, 0.717) is 5.88 Å². The van der Waals surface area contributed by atoms with Crippen molar-refractivity contribution in [3.05, 3.63) is 29.3 Å². The van der Waals surface area contributed by atoms with Gasteiger partial charge in [-0.25, -0.2) is 0 Å². The fraction of sp³-hybridized carbons (Fsp3) is 0.467. The van der Waals surface area contributed by atoms with Gasteiger partial charge in [-0.3, -0.25) is 0 Å². The fourth-order valence-corrected chi connectivity index (χ4v) is 1.74. The van der Waals surface area contributed by atoms with Crippen LogP contribution in [0.3, 0.4) is 0 Å². The summed E-state index contributed by atoms with van der Waals surface area (Å²) < 4.78 is 5.87. The van der Waals surface area contributed by atoms with Gasteiger partial charge in [-0.2, -0.15) is 0 Å². The van der Waals surface area contributed by atoms with Crippen LogP contribution in [0.5, 0.6) is 5.75 Å². The largest absolute Gasteiger partial charge is 0.490 e. The minimum absolute atomic E-state index is 0.262. The molecule has 1 atom stereocenters. The molecule has 0 aliphatic carbocycles. The lowest BCUT2D eigenvalue weighted by atomic mass is 10.1. The predicted molar refractivity (Wildman–Crippen MR) is 73.8 cm³/mol. The second kappa shape index (κ2) is 7.25. The average Bonchev–Trinajstić information content (AvgIpc) is 2.30. The van der Waals surface area contributed by atoms with Gasteiger partial charge in [0.05, 0.1) is 12.0 Å². The fourth-order valence-electron chi connectivity index (χ4n) is 1.68. The van der Waals surface area contributed by atoms with Crippen LogP contribution < -0.4 is 4.74 Å². The van der Waals surface area contributed by atoms with E-state index in [1.54, 1.807) is 0 Å². The highest BCUT2D eigenvalue weighted by Crippen LogP contribution is 2.21. The first-order chi connectivity index (χ1) is 8.17. The Hall–Kier alpha value is -1.13. The summed E-state index contributed by atoms with van der Waals surface area (Å²) in [6, 6.07) is 5.99. The third-order valence-electron chi connectivity index (χ3n) is 2.50. The van der Waals surface area contributed by atoms with E-state index < -0.39 is 0 Å². The second-order valence-electron chi connectivity index (χ2n) is 4.13. The third-order valence-corrected chi connectivity index (χ3v) is 2.63. The van der Waals surface area contributed by atoms with Crippen molar-refractivity contribution < 1.29 is 4.74 Å². The third kappa shape index (κ3) is 4.71. The molecule has 0 bridgehead atoms. The Morgan fingerprint density at radius 2 is 2.18 bits per heavy atom. The smallest absolute Gasteiger partial charge is 0.122 e. The standard InChI is InChI=1S/C15H19ClO/c1-4-6-13(3)17-15-9-8-14(7-5-10-16)11-12(15)2/h8-9,11,13H,4,6,10H2,1-3H3. The molecule has 0 heterocycles. The van der Waals surface area contributed by atoms with Crippen molar-refractivity contribution in [3.8, 4) is 17.6 Å². The lowest BCUT2D eigenvalue weighted by Crippen LogP contribution is -2.11. The molecule has 17 heavy (non-hydrogen) atoms. The van der Waals surface area contributed by atoms with E-state index in [1.165, 1.54) is 0 Å². The Morgan fingerprint density at radius 1 is 1.41 bits per heavy atom. The number of aryl methyl sites for hydroxylation is 1. The van der Waals surface area contributed by atoms with E-state index in [2.05, 4.69) is 25.7 Å². The van der Waals surface area contributed by atoms with E-state index >= 15 is 0 Å². The summed E-state index contributed by atoms with van der Waals surface area (Å²) >= 11 is 5.53. The normalized spacial score (nSPS) is 11.5.